The highest BCUT2D eigenvalue weighted by molar-refractivity contribution is 6.37. The molecule has 0 fully saturated rings. The summed E-state index contributed by atoms with van der Waals surface area (Å²) >= 11 is 0. The summed E-state index contributed by atoms with van der Waals surface area (Å²) in [5.41, 5.74) is 13.8. The molecule has 0 unspecified atom stereocenters. The second kappa shape index (κ2) is 9.16. The van der Waals surface area contributed by atoms with E-state index in [1.807, 2.05) is 72.8 Å². The third kappa shape index (κ3) is 4.36. The summed E-state index contributed by atoms with van der Waals surface area (Å²) in [6, 6.07) is 34.0. The number of benzene rings is 4. The van der Waals surface area contributed by atoms with Gasteiger partial charge in [0, 0.05) is 41.9 Å². The molecule has 0 spiro atoms. The van der Waals surface area contributed by atoms with Crippen molar-refractivity contribution < 1.29 is 4.79 Å². The van der Waals surface area contributed by atoms with Crippen LogP contribution in [0.25, 0.3) is 11.3 Å². The van der Waals surface area contributed by atoms with Crippen LogP contribution in [0.4, 0.5) is 22.7 Å². The van der Waals surface area contributed by atoms with Gasteiger partial charge in [-0.1, -0.05) is 60.7 Å². The third-order valence-electron chi connectivity index (χ3n) is 5.94. The lowest BCUT2D eigenvalue weighted by Crippen LogP contribution is -2.16. The van der Waals surface area contributed by atoms with Crippen molar-refractivity contribution in [2.75, 3.05) is 28.3 Å². The van der Waals surface area contributed by atoms with Crippen LogP contribution >= 0.6 is 0 Å². The van der Waals surface area contributed by atoms with Gasteiger partial charge < -0.3 is 21.3 Å². The standard InChI is InChI=1S/C29H26N4O/c1-33(24-10-6-3-7-11-24)19-20-12-15-23(16-13-20)31-28(21-8-4-2-5-9-21)27-25-18-22(30)14-17-26(25)32-29(27)34/h2-18,31H,19,30H2,1H3,(H,32,34). The van der Waals surface area contributed by atoms with Crippen LogP contribution in [0.1, 0.15) is 16.7 Å². The molecule has 0 aromatic heterocycles. The first-order valence-electron chi connectivity index (χ1n) is 11.2. The van der Waals surface area contributed by atoms with Gasteiger partial charge in [0.2, 0.25) is 0 Å². The van der Waals surface area contributed by atoms with Gasteiger partial charge in [-0.05, 0) is 53.6 Å². The molecule has 0 saturated carbocycles. The molecule has 4 aromatic rings. The van der Waals surface area contributed by atoms with Gasteiger partial charge >= 0.3 is 0 Å². The van der Waals surface area contributed by atoms with Crippen molar-refractivity contribution in [2.24, 2.45) is 0 Å². The molecule has 0 aliphatic carbocycles. The number of anilines is 4. The predicted molar refractivity (Wildman–Crippen MR) is 141 cm³/mol. The topological polar surface area (TPSA) is 70.4 Å². The summed E-state index contributed by atoms with van der Waals surface area (Å²) in [6.07, 6.45) is 0. The Hall–Kier alpha value is -4.51. The molecular formula is C29H26N4O. The Bertz CT molecular complexity index is 1350. The van der Waals surface area contributed by atoms with Crippen LogP contribution in [0.15, 0.2) is 103 Å². The van der Waals surface area contributed by atoms with Crippen LogP contribution in [0.2, 0.25) is 0 Å². The molecule has 0 saturated heterocycles. The van der Waals surface area contributed by atoms with Crippen molar-refractivity contribution >= 4 is 39.9 Å². The van der Waals surface area contributed by atoms with E-state index < -0.39 is 0 Å². The van der Waals surface area contributed by atoms with Gasteiger partial charge in [0.1, 0.15) is 0 Å². The average Bonchev–Trinajstić information content (AvgIpc) is 3.19. The van der Waals surface area contributed by atoms with E-state index in [1.165, 1.54) is 11.3 Å². The Labute approximate surface area is 199 Å². The minimum Gasteiger partial charge on any atom is -0.399 e. The number of rotatable bonds is 6. The molecule has 1 amide bonds. The SMILES string of the molecule is CN(Cc1ccc(NC(=C2C(=O)Nc3ccc(N)cc32)c2ccccc2)cc1)c1ccccc1. The molecule has 0 atom stereocenters. The molecule has 5 nitrogen and oxygen atoms in total. The van der Waals surface area contributed by atoms with Crippen molar-refractivity contribution in [1.82, 2.24) is 0 Å². The van der Waals surface area contributed by atoms with Crippen molar-refractivity contribution in [1.29, 1.82) is 0 Å². The molecule has 1 heterocycles. The van der Waals surface area contributed by atoms with Crippen LogP contribution < -0.4 is 21.3 Å². The molecule has 5 rings (SSSR count). The van der Waals surface area contributed by atoms with E-state index in [1.54, 1.807) is 6.07 Å². The maximum atomic E-state index is 13.0. The average molecular weight is 447 g/mol. The van der Waals surface area contributed by atoms with E-state index in [2.05, 4.69) is 46.8 Å². The Morgan fingerprint density at radius 3 is 2.26 bits per heavy atom. The molecule has 0 bridgehead atoms. The molecular weight excluding hydrogens is 420 g/mol. The van der Waals surface area contributed by atoms with Gasteiger partial charge in [0.25, 0.3) is 5.91 Å². The highest BCUT2D eigenvalue weighted by Crippen LogP contribution is 2.38. The van der Waals surface area contributed by atoms with Crippen molar-refractivity contribution in [2.45, 2.75) is 6.54 Å². The molecule has 1 aliphatic heterocycles. The van der Waals surface area contributed by atoms with Gasteiger partial charge in [-0.2, -0.15) is 0 Å². The van der Waals surface area contributed by atoms with E-state index in [-0.39, 0.29) is 5.91 Å². The fourth-order valence-corrected chi connectivity index (χ4v) is 4.20. The molecule has 168 valence electrons. The number of nitrogens with one attached hydrogen (secondary N) is 2. The summed E-state index contributed by atoms with van der Waals surface area (Å²) < 4.78 is 0. The summed E-state index contributed by atoms with van der Waals surface area (Å²) in [7, 11) is 2.08. The summed E-state index contributed by atoms with van der Waals surface area (Å²) in [5, 5.41) is 6.46. The number of carbonyl (C=O) groups is 1. The maximum absolute atomic E-state index is 13.0. The molecule has 5 heteroatoms. The van der Waals surface area contributed by atoms with Gasteiger partial charge in [-0.15, -0.1) is 0 Å². The lowest BCUT2D eigenvalue weighted by atomic mass is 9.99. The second-order valence-electron chi connectivity index (χ2n) is 8.39. The largest absolute Gasteiger partial charge is 0.399 e. The van der Waals surface area contributed by atoms with E-state index in [0.29, 0.717) is 11.3 Å². The maximum Gasteiger partial charge on any atom is 0.258 e. The number of fused-ring (bicyclic) bond motifs is 1. The fraction of sp³-hybridized carbons (Fsp3) is 0.0690. The van der Waals surface area contributed by atoms with Crippen molar-refractivity contribution in [3.8, 4) is 0 Å². The minimum absolute atomic E-state index is 0.145. The van der Waals surface area contributed by atoms with Crippen molar-refractivity contribution in [3.05, 3.63) is 120 Å². The first-order chi connectivity index (χ1) is 16.6. The van der Waals surface area contributed by atoms with Gasteiger partial charge in [-0.3, -0.25) is 4.79 Å². The fourth-order valence-electron chi connectivity index (χ4n) is 4.20. The second-order valence-corrected chi connectivity index (χ2v) is 8.39. The van der Waals surface area contributed by atoms with Crippen LogP contribution in [-0.2, 0) is 11.3 Å². The van der Waals surface area contributed by atoms with Crippen LogP contribution in [-0.4, -0.2) is 13.0 Å². The zero-order valence-electron chi connectivity index (χ0n) is 19.0. The number of nitrogen functional groups attached to an aromatic ring is 1. The zero-order valence-corrected chi connectivity index (χ0v) is 19.0. The van der Waals surface area contributed by atoms with E-state index in [4.69, 9.17) is 5.73 Å². The number of para-hydroxylation sites is 1. The monoisotopic (exact) mass is 446 g/mol. The van der Waals surface area contributed by atoms with Crippen LogP contribution in [0.5, 0.6) is 0 Å². The molecule has 4 N–H and O–H groups in total. The minimum atomic E-state index is -0.145. The van der Waals surface area contributed by atoms with Crippen LogP contribution in [0.3, 0.4) is 0 Å². The highest BCUT2D eigenvalue weighted by Gasteiger charge is 2.28. The van der Waals surface area contributed by atoms with Crippen molar-refractivity contribution in [3.63, 3.8) is 0 Å². The number of amides is 1. The predicted octanol–water partition coefficient (Wildman–Crippen LogP) is 5.84. The molecule has 4 aromatic carbocycles. The third-order valence-corrected chi connectivity index (χ3v) is 5.94. The summed E-state index contributed by atoms with van der Waals surface area (Å²) in [4.78, 5) is 15.2. The lowest BCUT2D eigenvalue weighted by molar-refractivity contribution is -0.110. The quantitative estimate of drug-likeness (QED) is 0.257. The first kappa shape index (κ1) is 21.3. The Balaban J connectivity index is 1.46. The molecule has 0 radical (unpaired) electrons. The Morgan fingerprint density at radius 2 is 1.56 bits per heavy atom. The Morgan fingerprint density at radius 1 is 0.882 bits per heavy atom. The number of carbonyl (C=O) groups excluding carboxylic acids is 1. The van der Waals surface area contributed by atoms with E-state index >= 15 is 0 Å². The van der Waals surface area contributed by atoms with E-state index in [0.717, 1.165) is 34.7 Å². The Kier molecular flexibility index (Phi) is 5.75. The first-order valence-corrected chi connectivity index (χ1v) is 11.2. The van der Waals surface area contributed by atoms with Gasteiger partial charge in [0.15, 0.2) is 0 Å². The highest BCUT2D eigenvalue weighted by atomic mass is 16.2. The number of nitrogens with two attached hydrogens (primary N) is 1. The smallest absolute Gasteiger partial charge is 0.258 e. The summed E-state index contributed by atoms with van der Waals surface area (Å²) in [5.74, 6) is -0.145. The number of hydrogen-bond acceptors (Lipinski definition) is 4. The number of hydrogen-bond donors (Lipinski definition) is 3. The van der Waals surface area contributed by atoms with E-state index in [9.17, 15) is 4.79 Å². The normalized spacial score (nSPS) is 13.7. The molecule has 34 heavy (non-hydrogen) atoms. The zero-order chi connectivity index (χ0) is 23.5. The summed E-state index contributed by atoms with van der Waals surface area (Å²) in [6.45, 7) is 0.798. The molecule has 1 aliphatic rings. The lowest BCUT2D eigenvalue weighted by Gasteiger charge is -2.20. The van der Waals surface area contributed by atoms with Gasteiger partial charge in [0.05, 0.1) is 11.3 Å². The number of nitrogens with zero attached hydrogens (tertiary/aromatic N) is 1. The van der Waals surface area contributed by atoms with Gasteiger partial charge in [-0.25, -0.2) is 0 Å². The van der Waals surface area contributed by atoms with Crippen LogP contribution in [0, 0.1) is 0 Å².